The highest BCUT2D eigenvalue weighted by atomic mass is 35.5. The summed E-state index contributed by atoms with van der Waals surface area (Å²) in [6.07, 6.45) is 4.01. The zero-order valence-electron chi connectivity index (χ0n) is 18.0. The molecule has 0 saturated heterocycles. The highest BCUT2D eigenvalue weighted by Crippen LogP contribution is 2.48. The average molecular weight is 450 g/mol. The lowest BCUT2D eigenvalue weighted by Crippen LogP contribution is -2.38. The number of rotatable bonds is 6. The van der Waals surface area contributed by atoms with Crippen LogP contribution in [0, 0.1) is 5.41 Å². The lowest BCUT2D eigenvalue weighted by molar-refractivity contribution is -0.139. The van der Waals surface area contributed by atoms with Crippen molar-refractivity contribution in [2.45, 2.75) is 65.7 Å². The second-order valence-corrected chi connectivity index (χ2v) is 9.78. The number of dihydropyridines is 1. The Balaban J connectivity index is 2.07. The molecule has 1 aliphatic heterocycles. The van der Waals surface area contributed by atoms with Gasteiger partial charge in [-0.05, 0) is 42.9 Å². The first-order chi connectivity index (χ1) is 14.1. The van der Waals surface area contributed by atoms with E-state index in [1.54, 1.807) is 18.2 Å². The molecule has 0 fully saturated rings. The van der Waals surface area contributed by atoms with Gasteiger partial charge in [0, 0.05) is 39.4 Å². The predicted octanol–water partition coefficient (Wildman–Crippen LogP) is 6.33. The van der Waals surface area contributed by atoms with Crippen molar-refractivity contribution >= 4 is 35.0 Å². The van der Waals surface area contributed by atoms with E-state index >= 15 is 0 Å². The quantitative estimate of drug-likeness (QED) is 0.407. The Bertz CT molecular complexity index is 930. The first kappa shape index (κ1) is 22.9. The van der Waals surface area contributed by atoms with Gasteiger partial charge in [-0.2, -0.15) is 0 Å². The maximum Gasteiger partial charge on any atom is 0.336 e. The zero-order valence-corrected chi connectivity index (χ0v) is 19.5. The van der Waals surface area contributed by atoms with Crippen molar-refractivity contribution in [3.8, 4) is 0 Å². The number of hydrogen-bond acceptors (Lipinski definition) is 4. The topological polar surface area (TPSA) is 55.4 Å². The number of halogens is 2. The molecule has 0 radical (unpaired) electrons. The molecule has 0 spiro atoms. The number of unbranched alkanes of at least 4 members (excludes halogenated alkanes) is 2. The number of hydrogen-bond donors (Lipinski definition) is 1. The van der Waals surface area contributed by atoms with Crippen LogP contribution < -0.4 is 5.32 Å². The molecule has 0 bridgehead atoms. The fourth-order valence-corrected chi connectivity index (χ4v) is 4.87. The minimum Gasteiger partial charge on any atom is -0.462 e. The van der Waals surface area contributed by atoms with Gasteiger partial charge in [0.2, 0.25) is 0 Å². The van der Waals surface area contributed by atoms with Crippen molar-refractivity contribution < 1.29 is 14.3 Å². The van der Waals surface area contributed by atoms with Crippen LogP contribution in [0.3, 0.4) is 0 Å². The third kappa shape index (κ3) is 4.76. The first-order valence-electron chi connectivity index (χ1n) is 10.5. The third-order valence-electron chi connectivity index (χ3n) is 5.71. The number of nitrogens with one attached hydrogen (secondary N) is 1. The summed E-state index contributed by atoms with van der Waals surface area (Å²) in [6, 6.07) is 5.19. The Labute approximate surface area is 188 Å². The molecule has 162 valence electrons. The Morgan fingerprint density at radius 2 is 1.97 bits per heavy atom. The Hall–Kier alpha value is -1.78. The third-order valence-corrected chi connectivity index (χ3v) is 6.28. The van der Waals surface area contributed by atoms with E-state index < -0.39 is 11.9 Å². The Kier molecular flexibility index (Phi) is 6.98. The molecule has 1 aromatic carbocycles. The van der Waals surface area contributed by atoms with Gasteiger partial charge in [-0.1, -0.05) is 62.9 Å². The van der Waals surface area contributed by atoms with Crippen molar-refractivity contribution in [1.82, 2.24) is 5.32 Å². The molecule has 0 aromatic heterocycles. The van der Waals surface area contributed by atoms with E-state index in [1.165, 1.54) is 0 Å². The minimum atomic E-state index is -0.562. The van der Waals surface area contributed by atoms with Gasteiger partial charge in [0.15, 0.2) is 5.78 Å². The van der Waals surface area contributed by atoms with Crippen LogP contribution in [0.4, 0.5) is 0 Å². The molecule has 1 aliphatic carbocycles. The standard InChI is InChI=1S/C24H29Cl2NO3/c1-5-6-7-10-30-23(29)20-14(2)27-18-12-24(3,4)13-19(28)22(18)21(20)16-9-8-15(25)11-17(16)26/h8-9,11,21,27H,5-7,10,12-13H2,1-4H3. The summed E-state index contributed by atoms with van der Waals surface area (Å²) in [5.74, 6) is -0.932. The van der Waals surface area contributed by atoms with Crippen molar-refractivity contribution in [3.63, 3.8) is 0 Å². The van der Waals surface area contributed by atoms with Crippen molar-refractivity contribution in [3.05, 3.63) is 56.3 Å². The molecular weight excluding hydrogens is 421 g/mol. The maximum atomic E-state index is 13.2. The molecule has 1 N–H and O–H groups in total. The Morgan fingerprint density at radius 1 is 1.23 bits per heavy atom. The van der Waals surface area contributed by atoms with Crippen molar-refractivity contribution in [1.29, 1.82) is 0 Å². The van der Waals surface area contributed by atoms with E-state index in [2.05, 4.69) is 26.1 Å². The molecule has 0 saturated carbocycles. The summed E-state index contributed by atoms with van der Waals surface area (Å²) in [4.78, 5) is 26.4. The molecule has 4 nitrogen and oxygen atoms in total. The van der Waals surface area contributed by atoms with Gasteiger partial charge in [0.1, 0.15) is 0 Å². The molecule has 1 heterocycles. The fraction of sp³-hybridized carbons (Fsp3) is 0.500. The van der Waals surface area contributed by atoms with Crippen molar-refractivity contribution in [2.75, 3.05) is 6.61 Å². The van der Waals surface area contributed by atoms with Gasteiger partial charge < -0.3 is 10.1 Å². The molecule has 0 amide bonds. The molecule has 3 rings (SSSR count). The number of carbonyl (C=O) groups is 2. The average Bonchev–Trinajstić information content (AvgIpc) is 2.63. The normalized spacial score (nSPS) is 20.7. The summed E-state index contributed by atoms with van der Waals surface area (Å²) >= 11 is 12.7. The van der Waals surface area contributed by atoms with Gasteiger partial charge in [-0.25, -0.2) is 4.79 Å². The molecule has 1 aromatic rings. The van der Waals surface area contributed by atoms with E-state index in [9.17, 15) is 9.59 Å². The predicted molar refractivity (Wildman–Crippen MR) is 121 cm³/mol. The number of benzene rings is 1. The fourth-order valence-electron chi connectivity index (χ4n) is 4.35. The second kappa shape index (κ2) is 9.15. The lowest BCUT2D eigenvalue weighted by Gasteiger charge is -2.39. The summed E-state index contributed by atoms with van der Waals surface area (Å²) in [5.41, 5.74) is 3.19. The highest BCUT2D eigenvalue weighted by Gasteiger charge is 2.43. The highest BCUT2D eigenvalue weighted by molar-refractivity contribution is 6.35. The van der Waals surface area contributed by atoms with Crippen LogP contribution in [0.2, 0.25) is 10.0 Å². The van der Waals surface area contributed by atoms with E-state index in [4.69, 9.17) is 27.9 Å². The molecule has 6 heteroatoms. The van der Waals surface area contributed by atoms with Crippen LogP contribution in [-0.4, -0.2) is 18.4 Å². The van der Waals surface area contributed by atoms with E-state index in [-0.39, 0.29) is 11.2 Å². The van der Waals surface area contributed by atoms with Crippen LogP contribution in [0.1, 0.15) is 71.3 Å². The largest absolute Gasteiger partial charge is 0.462 e. The van der Waals surface area contributed by atoms with Gasteiger partial charge in [-0.15, -0.1) is 0 Å². The van der Waals surface area contributed by atoms with Crippen LogP contribution in [-0.2, 0) is 14.3 Å². The van der Waals surface area contributed by atoms with E-state index in [0.717, 1.165) is 31.4 Å². The van der Waals surface area contributed by atoms with Crippen LogP contribution in [0.15, 0.2) is 40.7 Å². The summed E-state index contributed by atoms with van der Waals surface area (Å²) < 4.78 is 5.59. The molecule has 30 heavy (non-hydrogen) atoms. The summed E-state index contributed by atoms with van der Waals surface area (Å²) in [7, 11) is 0. The van der Waals surface area contributed by atoms with Gasteiger partial charge in [0.05, 0.1) is 12.2 Å². The number of ketones is 1. The molecule has 1 unspecified atom stereocenters. The SMILES string of the molecule is CCCCCOC(=O)C1=C(C)NC2=C(C(=O)CC(C)(C)C2)C1c1ccc(Cl)cc1Cl. The monoisotopic (exact) mass is 449 g/mol. The second-order valence-electron chi connectivity index (χ2n) is 8.94. The molecule has 1 atom stereocenters. The van der Waals surface area contributed by atoms with E-state index in [0.29, 0.717) is 45.5 Å². The van der Waals surface area contributed by atoms with Gasteiger partial charge >= 0.3 is 5.97 Å². The Morgan fingerprint density at radius 3 is 2.63 bits per heavy atom. The first-order valence-corrected chi connectivity index (χ1v) is 11.3. The van der Waals surface area contributed by atoms with Gasteiger partial charge in [-0.3, -0.25) is 4.79 Å². The molecule has 2 aliphatic rings. The van der Waals surface area contributed by atoms with Crippen molar-refractivity contribution in [2.24, 2.45) is 5.41 Å². The number of ether oxygens (including phenoxy) is 1. The maximum absolute atomic E-state index is 13.2. The number of Topliss-reactive ketones (excluding diaryl/α,β-unsaturated/α-hetero) is 1. The lowest BCUT2D eigenvalue weighted by atomic mass is 9.68. The zero-order chi connectivity index (χ0) is 22.1. The van der Waals surface area contributed by atoms with E-state index in [1.807, 2.05) is 6.92 Å². The molecular formula is C24H29Cl2NO3. The smallest absolute Gasteiger partial charge is 0.336 e. The van der Waals surface area contributed by atoms with Crippen LogP contribution in [0.5, 0.6) is 0 Å². The number of carbonyl (C=O) groups excluding carboxylic acids is 2. The minimum absolute atomic E-state index is 0.0357. The number of allylic oxidation sites excluding steroid dienone is 3. The van der Waals surface area contributed by atoms with Crippen LogP contribution >= 0.6 is 23.2 Å². The number of esters is 1. The van der Waals surface area contributed by atoms with Gasteiger partial charge in [0.25, 0.3) is 0 Å². The summed E-state index contributed by atoms with van der Waals surface area (Å²) in [5, 5.41) is 4.28. The van der Waals surface area contributed by atoms with Crippen LogP contribution in [0.25, 0.3) is 0 Å². The summed E-state index contributed by atoms with van der Waals surface area (Å²) in [6.45, 7) is 8.48.